The Balaban J connectivity index is 2.42. The fourth-order valence-corrected chi connectivity index (χ4v) is 1.74. The topological polar surface area (TPSA) is 81.7 Å². The highest BCUT2D eigenvalue weighted by Gasteiger charge is 2.09. The molecule has 0 aliphatic carbocycles. The molecule has 1 amide bonds. The Hall–Kier alpha value is -2.05. The van der Waals surface area contributed by atoms with Crippen LogP contribution in [0.25, 0.3) is 0 Å². The van der Waals surface area contributed by atoms with E-state index in [1.807, 2.05) is 0 Å². The molecule has 0 aromatic heterocycles. The van der Waals surface area contributed by atoms with Crippen molar-refractivity contribution in [2.75, 3.05) is 18.5 Å². The third kappa shape index (κ3) is 6.60. The second-order valence-electron chi connectivity index (χ2n) is 3.87. The minimum absolute atomic E-state index is 0.197. The Labute approximate surface area is 137 Å². The Kier molecular flexibility index (Phi) is 7.42. The Morgan fingerprint density at radius 2 is 1.77 bits per heavy atom. The molecule has 1 N–H and O–H groups in total. The van der Waals surface area contributed by atoms with Crippen LogP contribution in [0.4, 0.5) is 5.69 Å². The zero-order chi connectivity index (χ0) is 16.5. The Morgan fingerprint density at radius 1 is 1.14 bits per heavy atom. The van der Waals surface area contributed by atoms with Crippen molar-refractivity contribution in [3.05, 3.63) is 40.4 Å². The van der Waals surface area contributed by atoms with Crippen molar-refractivity contribution < 1.29 is 23.9 Å². The summed E-state index contributed by atoms with van der Waals surface area (Å²) in [5.41, 5.74) is 0.342. The minimum atomic E-state index is -0.842. The van der Waals surface area contributed by atoms with Crippen LogP contribution >= 0.6 is 23.2 Å². The second kappa shape index (κ2) is 9.07. The first-order valence-corrected chi connectivity index (χ1v) is 6.94. The third-order valence-electron chi connectivity index (χ3n) is 2.19. The molecule has 8 heteroatoms. The summed E-state index contributed by atoms with van der Waals surface area (Å²) in [5.74, 6) is -2.09. The van der Waals surface area contributed by atoms with Crippen molar-refractivity contribution in [3.63, 3.8) is 0 Å². The highest BCUT2D eigenvalue weighted by atomic mass is 35.5. The molecule has 0 aliphatic heterocycles. The van der Waals surface area contributed by atoms with Gasteiger partial charge in [0.15, 0.2) is 6.61 Å². The summed E-state index contributed by atoms with van der Waals surface area (Å²) in [6, 6.07) is 4.54. The van der Waals surface area contributed by atoms with Gasteiger partial charge in [0, 0.05) is 17.2 Å². The molecule has 1 aromatic carbocycles. The van der Waals surface area contributed by atoms with Gasteiger partial charge in [0.1, 0.15) is 0 Å². The van der Waals surface area contributed by atoms with E-state index in [1.165, 1.54) is 12.1 Å². The number of rotatable bonds is 6. The molecule has 0 saturated carbocycles. The normalized spacial score (nSPS) is 10.3. The van der Waals surface area contributed by atoms with Gasteiger partial charge < -0.3 is 14.8 Å². The summed E-state index contributed by atoms with van der Waals surface area (Å²) < 4.78 is 9.23. The fourth-order valence-electron chi connectivity index (χ4n) is 1.29. The number of halogens is 2. The minimum Gasteiger partial charge on any atom is -0.463 e. The van der Waals surface area contributed by atoms with Crippen molar-refractivity contribution in [3.8, 4) is 0 Å². The standard InChI is InChI=1S/C14H13Cl2NO5/c1-2-21-13(19)5-6-14(20)22-8-12(18)17-11-4-3-9(15)7-10(11)16/h3-7H,2,8H2,1H3,(H,17,18). The molecule has 22 heavy (non-hydrogen) atoms. The lowest BCUT2D eigenvalue weighted by molar-refractivity contribution is -0.143. The van der Waals surface area contributed by atoms with Crippen LogP contribution in [-0.2, 0) is 23.9 Å². The van der Waals surface area contributed by atoms with E-state index in [0.717, 1.165) is 12.2 Å². The largest absolute Gasteiger partial charge is 0.463 e. The van der Waals surface area contributed by atoms with Crippen LogP contribution in [0.5, 0.6) is 0 Å². The van der Waals surface area contributed by atoms with Crippen molar-refractivity contribution in [1.29, 1.82) is 0 Å². The lowest BCUT2D eigenvalue weighted by Gasteiger charge is -2.07. The fraction of sp³-hybridized carbons (Fsp3) is 0.214. The molecule has 118 valence electrons. The van der Waals surface area contributed by atoms with Gasteiger partial charge in [-0.25, -0.2) is 9.59 Å². The molecule has 0 radical (unpaired) electrons. The van der Waals surface area contributed by atoms with E-state index in [2.05, 4.69) is 14.8 Å². The van der Waals surface area contributed by atoms with Crippen LogP contribution < -0.4 is 5.32 Å². The maximum atomic E-state index is 11.6. The third-order valence-corrected chi connectivity index (χ3v) is 2.74. The van der Waals surface area contributed by atoms with Crippen molar-refractivity contribution >= 4 is 46.7 Å². The van der Waals surface area contributed by atoms with E-state index in [9.17, 15) is 14.4 Å². The van der Waals surface area contributed by atoms with E-state index in [4.69, 9.17) is 23.2 Å². The van der Waals surface area contributed by atoms with E-state index < -0.39 is 24.5 Å². The van der Waals surface area contributed by atoms with Gasteiger partial charge in [-0.1, -0.05) is 23.2 Å². The molecule has 6 nitrogen and oxygen atoms in total. The van der Waals surface area contributed by atoms with E-state index in [0.29, 0.717) is 10.7 Å². The number of hydrogen-bond acceptors (Lipinski definition) is 5. The van der Waals surface area contributed by atoms with Crippen LogP contribution in [0, 0.1) is 0 Å². The molecule has 0 unspecified atom stereocenters. The molecule has 0 aliphatic rings. The monoisotopic (exact) mass is 345 g/mol. The molecule has 0 spiro atoms. The van der Waals surface area contributed by atoms with Crippen LogP contribution in [0.2, 0.25) is 10.0 Å². The molecule has 0 bridgehead atoms. The first kappa shape index (κ1) is 18.0. The second-order valence-corrected chi connectivity index (χ2v) is 4.71. The van der Waals surface area contributed by atoms with Crippen molar-refractivity contribution in [2.45, 2.75) is 6.92 Å². The van der Waals surface area contributed by atoms with Crippen LogP contribution in [0.1, 0.15) is 6.92 Å². The van der Waals surface area contributed by atoms with Crippen molar-refractivity contribution in [1.82, 2.24) is 0 Å². The van der Waals surface area contributed by atoms with Gasteiger partial charge in [-0.3, -0.25) is 4.79 Å². The average Bonchev–Trinajstić information content (AvgIpc) is 2.46. The molecule has 1 aromatic rings. The van der Waals surface area contributed by atoms with E-state index in [-0.39, 0.29) is 11.6 Å². The van der Waals surface area contributed by atoms with Gasteiger partial charge in [0.05, 0.1) is 17.3 Å². The number of carbonyl (C=O) groups excluding carboxylic acids is 3. The van der Waals surface area contributed by atoms with Crippen LogP contribution in [0.3, 0.4) is 0 Å². The average molecular weight is 346 g/mol. The quantitative estimate of drug-likeness (QED) is 0.632. The van der Waals surface area contributed by atoms with E-state index >= 15 is 0 Å². The molecular formula is C14H13Cl2NO5. The number of anilines is 1. The summed E-state index contributed by atoms with van der Waals surface area (Å²) in [5, 5.41) is 3.14. The summed E-state index contributed by atoms with van der Waals surface area (Å²) in [7, 11) is 0. The molecular weight excluding hydrogens is 333 g/mol. The van der Waals surface area contributed by atoms with Gasteiger partial charge in [-0.05, 0) is 25.1 Å². The van der Waals surface area contributed by atoms with Gasteiger partial charge in [0.2, 0.25) is 0 Å². The summed E-state index contributed by atoms with van der Waals surface area (Å²) in [4.78, 5) is 33.8. The molecule has 0 heterocycles. The molecule has 0 saturated heterocycles. The first-order valence-electron chi connectivity index (χ1n) is 6.19. The molecule has 1 rings (SSSR count). The van der Waals surface area contributed by atoms with Gasteiger partial charge >= 0.3 is 11.9 Å². The number of carbonyl (C=O) groups is 3. The number of amides is 1. The lowest BCUT2D eigenvalue weighted by atomic mass is 10.3. The van der Waals surface area contributed by atoms with Crippen LogP contribution in [0.15, 0.2) is 30.4 Å². The smallest absolute Gasteiger partial charge is 0.331 e. The maximum absolute atomic E-state index is 11.6. The highest BCUT2D eigenvalue weighted by Crippen LogP contribution is 2.25. The lowest BCUT2D eigenvalue weighted by Crippen LogP contribution is -2.20. The van der Waals surface area contributed by atoms with Crippen molar-refractivity contribution in [2.24, 2.45) is 0 Å². The number of hydrogen-bond donors (Lipinski definition) is 1. The number of esters is 2. The SMILES string of the molecule is CCOC(=O)C=CC(=O)OCC(=O)Nc1ccc(Cl)cc1Cl. The number of nitrogens with one attached hydrogen (secondary N) is 1. The number of benzene rings is 1. The molecule has 0 atom stereocenters. The predicted octanol–water partition coefficient (Wildman–Crippen LogP) is 2.59. The predicted molar refractivity (Wildman–Crippen MR) is 81.8 cm³/mol. The van der Waals surface area contributed by atoms with Gasteiger partial charge in [0.25, 0.3) is 5.91 Å². The Bertz CT molecular complexity index is 601. The molecule has 0 fully saturated rings. The van der Waals surface area contributed by atoms with Gasteiger partial charge in [-0.15, -0.1) is 0 Å². The first-order chi connectivity index (χ1) is 10.4. The summed E-state index contributed by atoms with van der Waals surface area (Å²) in [6.07, 6.45) is 1.79. The van der Waals surface area contributed by atoms with Gasteiger partial charge in [-0.2, -0.15) is 0 Å². The highest BCUT2D eigenvalue weighted by molar-refractivity contribution is 6.36. The number of ether oxygens (including phenoxy) is 2. The maximum Gasteiger partial charge on any atom is 0.331 e. The van der Waals surface area contributed by atoms with Crippen LogP contribution in [-0.4, -0.2) is 31.1 Å². The summed E-state index contributed by atoms with van der Waals surface area (Å²) in [6.45, 7) is 1.31. The zero-order valence-corrected chi connectivity index (χ0v) is 13.1. The zero-order valence-electron chi connectivity index (χ0n) is 11.6. The Morgan fingerprint density at radius 3 is 2.36 bits per heavy atom. The summed E-state index contributed by atoms with van der Waals surface area (Å²) >= 11 is 11.6. The van der Waals surface area contributed by atoms with E-state index in [1.54, 1.807) is 13.0 Å².